The first-order valence-corrected chi connectivity index (χ1v) is 7.69. The van der Waals surface area contributed by atoms with Gasteiger partial charge in [-0.15, -0.1) is 0 Å². The van der Waals surface area contributed by atoms with Gasteiger partial charge in [-0.25, -0.2) is 4.79 Å². The fourth-order valence-electron chi connectivity index (χ4n) is 2.68. The van der Waals surface area contributed by atoms with E-state index in [1.807, 2.05) is 62.9 Å². The Labute approximate surface area is 132 Å². The summed E-state index contributed by atoms with van der Waals surface area (Å²) in [4.78, 5) is 26.0. The van der Waals surface area contributed by atoms with Crippen molar-refractivity contribution in [2.24, 2.45) is 0 Å². The molecule has 0 aliphatic carbocycles. The lowest BCUT2D eigenvalue weighted by atomic mass is 10.1. The maximum absolute atomic E-state index is 12.2. The Kier molecular flexibility index (Phi) is 4.74. The van der Waals surface area contributed by atoms with E-state index in [9.17, 15) is 9.59 Å². The summed E-state index contributed by atoms with van der Waals surface area (Å²) in [6.07, 6.45) is 0.356. The van der Waals surface area contributed by atoms with Crippen LogP contribution in [0, 0.1) is 0 Å². The minimum atomic E-state index is -0.288. The Balaban J connectivity index is 1.95. The molecule has 2 atom stereocenters. The quantitative estimate of drug-likeness (QED) is 0.901. The van der Waals surface area contributed by atoms with Crippen LogP contribution in [0.3, 0.4) is 0 Å². The van der Waals surface area contributed by atoms with Crippen LogP contribution in [0.2, 0.25) is 0 Å². The van der Waals surface area contributed by atoms with E-state index < -0.39 is 0 Å². The molecule has 1 fully saturated rings. The Hall–Kier alpha value is -2.04. The van der Waals surface area contributed by atoms with Gasteiger partial charge >= 0.3 is 6.03 Å². The van der Waals surface area contributed by atoms with Gasteiger partial charge in [0.2, 0.25) is 5.91 Å². The van der Waals surface area contributed by atoms with Gasteiger partial charge in [0.25, 0.3) is 0 Å². The normalized spacial score (nSPS) is 19.9. The molecule has 2 N–H and O–H groups in total. The number of urea groups is 1. The van der Waals surface area contributed by atoms with Crippen LogP contribution >= 0.6 is 0 Å². The molecule has 5 heteroatoms. The molecule has 0 bridgehead atoms. The minimum absolute atomic E-state index is 0.0196. The number of hydrogen-bond acceptors (Lipinski definition) is 2. The van der Waals surface area contributed by atoms with E-state index >= 15 is 0 Å². The lowest BCUT2D eigenvalue weighted by Gasteiger charge is -2.26. The Morgan fingerprint density at radius 1 is 1.27 bits per heavy atom. The van der Waals surface area contributed by atoms with Crippen LogP contribution in [0.5, 0.6) is 0 Å². The summed E-state index contributed by atoms with van der Waals surface area (Å²) in [6, 6.07) is 9.60. The van der Waals surface area contributed by atoms with Gasteiger partial charge < -0.3 is 15.5 Å². The van der Waals surface area contributed by atoms with Crippen LogP contribution in [0.25, 0.3) is 0 Å². The number of benzene rings is 1. The first-order valence-electron chi connectivity index (χ1n) is 7.69. The number of carbonyl (C=O) groups is 2. The SMILES string of the molecule is CC(c1ccccc1)N1CC(NC(=O)NC(C)(C)C)CC1=O. The van der Waals surface area contributed by atoms with Crippen LogP contribution in [-0.4, -0.2) is 35.0 Å². The first kappa shape index (κ1) is 16.3. The van der Waals surface area contributed by atoms with Crippen molar-refractivity contribution in [2.75, 3.05) is 6.54 Å². The van der Waals surface area contributed by atoms with Gasteiger partial charge in [0.15, 0.2) is 0 Å². The van der Waals surface area contributed by atoms with Gasteiger partial charge in [0.1, 0.15) is 0 Å². The average Bonchev–Trinajstić information content (AvgIpc) is 2.77. The van der Waals surface area contributed by atoms with E-state index in [2.05, 4.69) is 10.6 Å². The van der Waals surface area contributed by atoms with E-state index in [1.165, 1.54) is 0 Å². The highest BCUT2D eigenvalue weighted by molar-refractivity contribution is 5.82. The fraction of sp³-hybridized carbons (Fsp3) is 0.529. The second-order valence-electron chi connectivity index (χ2n) is 6.88. The van der Waals surface area contributed by atoms with E-state index in [0.717, 1.165) is 5.56 Å². The molecule has 0 radical (unpaired) electrons. The molecule has 1 aromatic rings. The Morgan fingerprint density at radius 2 is 1.91 bits per heavy atom. The molecule has 1 aliphatic heterocycles. The monoisotopic (exact) mass is 303 g/mol. The summed E-state index contributed by atoms with van der Waals surface area (Å²) in [7, 11) is 0. The average molecular weight is 303 g/mol. The molecule has 0 saturated carbocycles. The van der Waals surface area contributed by atoms with Crippen LogP contribution in [0.1, 0.15) is 45.7 Å². The van der Waals surface area contributed by atoms with Crippen LogP contribution in [0.15, 0.2) is 30.3 Å². The van der Waals surface area contributed by atoms with Crippen molar-refractivity contribution in [3.63, 3.8) is 0 Å². The van der Waals surface area contributed by atoms with Crippen molar-refractivity contribution < 1.29 is 9.59 Å². The molecule has 120 valence electrons. The van der Waals surface area contributed by atoms with Crippen LogP contribution in [-0.2, 0) is 4.79 Å². The number of nitrogens with zero attached hydrogens (tertiary/aromatic N) is 1. The summed E-state index contributed by atoms with van der Waals surface area (Å²) in [5, 5.41) is 5.75. The van der Waals surface area contributed by atoms with Crippen molar-refractivity contribution in [2.45, 2.75) is 51.7 Å². The lowest BCUT2D eigenvalue weighted by Crippen LogP contribution is -2.50. The van der Waals surface area contributed by atoms with E-state index in [0.29, 0.717) is 13.0 Å². The summed E-state index contributed by atoms with van der Waals surface area (Å²) in [6.45, 7) is 8.35. The van der Waals surface area contributed by atoms with Gasteiger partial charge in [-0.2, -0.15) is 0 Å². The summed E-state index contributed by atoms with van der Waals surface area (Å²) in [5.41, 5.74) is 0.819. The standard InChI is InChI=1S/C17H25N3O2/c1-12(13-8-6-5-7-9-13)20-11-14(10-15(20)21)18-16(22)19-17(2,3)4/h5-9,12,14H,10-11H2,1-4H3,(H2,18,19,22). The number of carbonyl (C=O) groups excluding carboxylic acids is 2. The number of hydrogen-bond donors (Lipinski definition) is 2. The lowest BCUT2D eigenvalue weighted by molar-refractivity contribution is -0.129. The van der Waals surface area contributed by atoms with E-state index in [4.69, 9.17) is 0 Å². The van der Waals surface area contributed by atoms with Crippen molar-refractivity contribution in [1.29, 1.82) is 0 Å². The molecule has 2 rings (SSSR count). The molecule has 1 saturated heterocycles. The molecule has 3 amide bonds. The van der Waals surface area contributed by atoms with Crippen LogP contribution in [0.4, 0.5) is 4.79 Å². The highest BCUT2D eigenvalue weighted by Crippen LogP contribution is 2.25. The third kappa shape index (κ3) is 4.23. The molecule has 5 nitrogen and oxygen atoms in total. The highest BCUT2D eigenvalue weighted by Gasteiger charge is 2.34. The number of rotatable bonds is 3. The minimum Gasteiger partial charge on any atom is -0.334 e. The smallest absolute Gasteiger partial charge is 0.315 e. The zero-order valence-electron chi connectivity index (χ0n) is 13.7. The summed E-state index contributed by atoms with van der Waals surface area (Å²) < 4.78 is 0. The third-order valence-corrected chi connectivity index (χ3v) is 3.73. The second kappa shape index (κ2) is 6.38. The molecule has 0 spiro atoms. The number of nitrogens with one attached hydrogen (secondary N) is 2. The van der Waals surface area contributed by atoms with Crippen molar-refractivity contribution >= 4 is 11.9 Å². The van der Waals surface area contributed by atoms with Gasteiger partial charge in [-0.1, -0.05) is 30.3 Å². The van der Waals surface area contributed by atoms with Gasteiger partial charge in [0, 0.05) is 18.5 Å². The molecule has 1 aromatic carbocycles. The predicted molar refractivity (Wildman–Crippen MR) is 86.4 cm³/mol. The topological polar surface area (TPSA) is 61.4 Å². The molecular weight excluding hydrogens is 278 g/mol. The first-order chi connectivity index (χ1) is 10.3. The highest BCUT2D eigenvalue weighted by atomic mass is 16.2. The molecule has 2 unspecified atom stereocenters. The van der Waals surface area contributed by atoms with Gasteiger partial charge in [-0.3, -0.25) is 4.79 Å². The second-order valence-corrected chi connectivity index (χ2v) is 6.88. The maximum Gasteiger partial charge on any atom is 0.315 e. The molecular formula is C17H25N3O2. The number of likely N-dealkylation sites (tertiary alicyclic amines) is 1. The zero-order valence-corrected chi connectivity index (χ0v) is 13.7. The Morgan fingerprint density at radius 3 is 2.50 bits per heavy atom. The molecule has 1 heterocycles. The summed E-state index contributed by atoms with van der Waals surface area (Å²) >= 11 is 0. The zero-order chi connectivity index (χ0) is 16.3. The number of amides is 3. The molecule has 0 aromatic heterocycles. The predicted octanol–water partition coefficient (Wildman–Crippen LogP) is 2.45. The summed E-state index contributed by atoms with van der Waals surface area (Å²) in [5.74, 6) is 0.0809. The van der Waals surface area contributed by atoms with Crippen molar-refractivity contribution in [3.05, 3.63) is 35.9 Å². The molecule has 22 heavy (non-hydrogen) atoms. The van der Waals surface area contributed by atoms with Gasteiger partial charge in [-0.05, 0) is 33.3 Å². The van der Waals surface area contributed by atoms with E-state index in [-0.39, 0.29) is 29.6 Å². The van der Waals surface area contributed by atoms with Crippen LogP contribution < -0.4 is 10.6 Å². The van der Waals surface area contributed by atoms with Crippen molar-refractivity contribution in [1.82, 2.24) is 15.5 Å². The fourth-order valence-corrected chi connectivity index (χ4v) is 2.68. The molecule has 1 aliphatic rings. The Bertz CT molecular complexity index is 537. The maximum atomic E-state index is 12.2. The largest absolute Gasteiger partial charge is 0.334 e. The third-order valence-electron chi connectivity index (χ3n) is 3.73. The van der Waals surface area contributed by atoms with Gasteiger partial charge in [0.05, 0.1) is 12.1 Å². The van der Waals surface area contributed by atoms with Crippen molar-refractivity contribution in [3.8, 4) is 0 Å². The van der Waals surface area contributed by atoms with E-state index in [1.54, 1.807) is 0 Å².